The van der Waals surface area contributed by atoms with Crippen molar-refractivity contribution in [1.82, 2.24) is 10.2 Å². The molecule has 0 spiro atoms. The summed E-state index contributed by atoms with van der Waals surface area (Å²) in [5.74, 6) is 0.378. The van der Waals surface area contributed by atoms with Gasteiger partial charge in [-0.1, -0.05) is 18.2 Å². The highest BCUT2D eigenvalue weighted by Crippen LogP contribution is 2.19. The van der Waals surface area contributed by atoms with Crippen molar-refractivity contribution < 1.29 is 9.18 Å². The Bertz CT molecular complexity index is 459. The Morgan fingerprint density at radius 3 is 2.71 bits per heavy atom. The first-order valence-electron chi connectivity index (χ1n) is 7.61. The second kappa shape index (κ2) is 8.10. The maximum absolute atomic E-state index is 13.4. The summed E-state index contributed by atoms with van der Waals surface area (Å²) in [5, 5.41) is 2.78. The molecule has 0 aliphatic carbocycles. The van der Waals surface area contributed by atoms with E-state index in [9.17, 15) is 9.18 Å². The monoisotopic (exact) mass is 293 g/mol. The van der Waals surface area contributed by atoms with Crippen LogP contribution in [0.3, 0.4) is 0 Å². The molecule has 2 rings (SSSR count). The molecular weight excluding hydrogens is 269 g/mol. The number of halogens is 1. The van der Waals surface area contributed by atoms with Crippen LogP contribution in [0.2, 0.25) is 0 Å². The van der Waals surface area contributed by atoms with Crippen LogP contribution in [0.25, 0.3) is 0 Å². The lowest BCUT2D eigenvalue weighted by Crippen LogP contribution is -2.41. The van der Waals surface area contributed by atoms with E-state index in [1.807, 2.05) is 0 Å². The fourth-order valence-electron chi connectivity index (χ4n) is 2.76. The molecule has 116 valence electrons. The van der Waals surface area contributed by atoms with Crippen molar-refractivity contribution >= 4 is 5.91 Å². The van der Waals surface area contributed by atoms with Gasteiger partial charge in [0, 0.05) is 12.1 Å². The predicted molar refractivity (Wildman–Crippen MR) is 81.1 cm³/mol. The molecule has 0 bridgehead atoms. The molecule has 1 amide bonds. The Morgan fingerprint density at radius 1 is 1.33 bits per heavy atom. The third-order valence-corrected chi connectivity index (χ3v) is 4.08. The molecule has 21 heavy (non-hydrogen) atoms. The average Bonchev–Trinajstić information content (AvgIpc) is 2.49. The number of nitrogens with zero attached hydrogens (tertiary/aromatic N) is 1. The topological polar surface area (TPSA) is 58.4 Å². The molecule has 1 aliphatic rings. The van der Waals surface area contributed by atoms with Crippen molar-refractivity contribution in [3.63, 3.8) is 0 Å². The van der Waals surface area contributed by atoms with Crippen LogP contribution in [-0.2, 0) is 11.3 Å². The van der Waals surface area contributed by atoms with E-state index in [0.29, 0.717) is 18.0 Å². The first kappa shape index (κ1) is 15.9. The number of piperidine rings is 1. The Morgan fingerprint density at radius 2 is 2.05 bits per heavy atom. The highest BCUT2D eigenvalue weighted by Gasteiger charge is 2.20. The fourth-order valence-corrected chi connectivity index (χ4v) is 2.76. The zero-order valence-corrected chi connectivity index (χ0v) is 12.4. The molecule has 0 unspecified atom stereocenters. The minimum atomic E-state index is -0.277. The summed E-state index contributed by atoms with van der Waals surface area (Å²) in [5.41, 5.74) is 6.09. The van der Waals surface area contributed by atoms with E-state index in [-0.39, 0.29) is 18.3 Å². The Balaban J connectivity index is 1.70. The zero-order chi connectivity index (χ0) is 15.1. The maximum Gasteiger partial charge on any atom is 0.234 e. The van der Waals surface area contributed by atoms with Crippen LogP contribution in [0.4, 0.5) is 4.39 Å². The van der Waals surface area contributed by atoms with E-state index < -0.39 is 0 Å². The van der Waals surface area contributed by atoms with Crippen LogP contribution in [0.15, 0.2) is 24.3 Å². The van der Waals surface area contributed by atoms with Crippen LogP contribution >= 0.6 is 0 Å². The number of likely N-dealkylation sites (tertiary alicyclic amines) is 1. The summed E-state index contributed by atoms with van der Waals surface area (Å²) >= 11 is 0. The normalized spacial score (nSPS) is 16.9. The lowest BCUT2D eigenvalue weighted by atomic mass is 9.94. The maximum atomic E-state index is 13.4. The van der Waals surface area contributed by atoms with Crippen molar-refractivity contribution in [1.29, 1.82) is 0 Å². The summed E-state index contributed by atoms with van der Waals surface area (Å²) < 4.78 is 13.4. The smallest absolute Gasteiger partial charge is 0.234 e. The highest BCUT2D eigenvalue weighted by atomic mass is 19.1. The van der Waals surface area contributed by atoms with Gasteiger partial charge in [-0.05, 0) is 50.9 Å². The van der Waals surface area contributed by atoms with Gasteiger partial charge < -0.3 is 11.1 Å². The first-order chi connectivity index (χ1) is 10.2. The molecule has 1 aliphatic heterocycles. The summed E-state index contributed by atoms with van der Waals surface area (Å²) in [7, 11) is 0. The molecule has 3 N–H and O–H groups in total. The van der Waals surface area contributed by atoms with Gasteiger partial charge in [0.2, 0.25) is 5.91 Å². The van der Waals surface area contributed by atoms with Gasteiger partial charge in [0.05, 0.1) is 6.54 Å². The van der Waals surface area contributed by atoms with Gasteiger partial charge in [0.15, 0.2) is 0 Å². The number of amides is 1. The minimum Gasteiger partial charge on any atom is -0.351 e. The molecule has 1 saturated heterocycles. The SMILES string of the molecule is NCCC1CCN(CC(=O)NCc2ccccc2F)CC1. The molecule has 0 aromatic heterocycles. The van der Waals surface area contributed by atoms with Gasteiger partial charge in [-0.25, -0.2) is 4.39 Å². The lowest BCUT2D eigenvalue weighted by Gasteiger charge is -2.31. The van der Waals surface area contributed by atoms with E-state index in [1.54, 1.807) is 18.2 Å². The van der Waals surface area contributed by atoms with Crippen molar-refractivity contribution in [2.75, 3.05) is 26.2 Å². The fraction of sp³-hybridized carbons (Fsp3) is 0.562. The molecule has 5 heteroatoms. The second-order valence-electron chi connectivity index (χ2n) is 5.67. The van der Waals surface area contributed by atoms with Crippen LogP contribution in [-0.4, -0.2) is 37.0 Å². The van der Waals surface area contributed by atoms with Gasteiger partial charge >= 0.3 is 0 Å². The second-order valence-corrected chi connectivity index (χ2v) is 5.67. The van der Waals surface area contributed by atoms with E-state index in [4.69, 9.17) is 5.73 Å². The predicted octanol–water partition coefficient (Wildman–Crippen LogP) is 1.50. The van der Waals surface area contributed by atoms with Crippen LogP contribution < -0.4 is 11.1 Å². The molecule has 1 heterocycles. The number of hydrogen-bond donors (Lipinski definition) is 2. The van der Waals surface area contributed by atoms with Crippen LogP contribution in [0.5, 0.6) is 0 Å². The summed E-state index contributed by atoms with van der Waals surface area (Å²) in [6, 6.07) is 6.51. The van der Waals surface area contributed by atoms with Crippen molar-refractivity contribution in [3.05, 3.63) is 35.6 Å². The quantitative estimate of drug-likeness (QED) is 0.836. The molecule has 4 nitrogen and oxygen atoms in total. The number of nitrogens with one attached hydrogen (secondary N) is 1. The summed E-state index contributed by atoms with van der Waals surface area (Å²) in [6.07, 6.45) is 3.29. The molecule has 0 saturated carbocycles. The largest absolute Gasteiger partial charge is 0.351 e. The molecule has 1 fully saturated rings. The minimum absolute atomic E-state index is 0.0458. The average molecular weight is 293 g/mol. The molecule has 0 atom stereocenters. The van der Waals surface area contributed by atoms with E-state index >= 15 is 0 Å². The van der Waals surface area contributed by atoms with E-state index in [0.717, 1.165) is 38.9 Å². The number of rotatable bonds is 6. The third kappa shape index (κ3) is 5.10. The highest BCUT2D eigenvalue weighted by molar-refractivity contribution is 5.78. The van der Waals surface area contributed by atoms with Crippen molar-refractivity contribution in [2.24, 2.45) is 11.7 Å². The van der Waals surface area contributed by atoms with Crippen molar-refractivity contribution in [3.8, 4) is 0 Å². The molecular formula is C16H24FN3O. The lowest BCUT2D eigenvalue weighted by molar-refractivity contribution is -0.122. The Kier molecular flexibility index (Phi) is 6.14. The van der Waals surface area contributed by atoms with Gasteiger partial charge in [-0.3, -0.25) is 9.69 Å². The summed E-state index contributed by atoms with van der Waals surface area (Å²) in [4.78, 5) is 14.1. The number of benzene rings is 1. The number of hydrogen-bond acceptors (Lipinski definition) is 3. The van der Waals surface area contributed by atoms with Gasteiger partial charge in [0.1, 0.15) is 5.82 Å². The molecule has 1 aromatic rings. The van der Waals surface area contributed by atoms with Gasteiger partial charge in [-0.2, -0.15) is 0 Å². The standard InChI is InChI=1S/C16H24FN3O/c17-15-4-2-1-3-14(15)11-19-16(21)12-20-9-6-13(5-8-18)7-10-20/h1-4,13H,5-12,18H2,(H,19,21). The van der Waals surface area contributed by atoms with Crippen LogP contribution in [0, 0.1) is 11.7 Å². The number of carbonyl (C=O) groups excluding carboxylic acids is 1. The Labute approximate surface area is 125 Å². The number of carbonyl (C=O) groups is 1. The number of nitrogens with two attached hydrogens (primary N) is 1. The summed E-state index contributed by atoms with van der Waals surface area (Å²) in [6.45, 7) is 3.27. The van der Waals surface area contributed by atoms with Crippen LogP contribution in [0.1, 0.15) is 24.8 Å². The molecule has 0 radical (unpaired) electrons. The van der Waals surface area contributed by atoms with Crippen molar-refractivity contribution in [2.45, 2.75) is 25.8 Å². The van der Waals surface area contributed by atoms with Gasteiger partial charge in [-0.15, -0.1) is 0 Å². The molecule has 1 aromatic carbocycles. The van der Waals surface area contributed by atoms with E-state index in [2.05, 4.69) is 10.2 Å². The Hall–Kier alpha value is -1.46. The third-order valence-electron chi connectivity index (χ3n) is 4.08. The van der Waals surface area contributed by atoms with Gasteiger partial charge in [0.25, 0.3) is 0 Å². The van der Waals surface area contributed by atoms with E-state index in [1.165, 1.54) is 6.07 Å². The zero-order valence-electron chi connectivity index (χ0n) is 12.4. The first-order valence-corrected chi connectivity index (χ1v) is 7.61.